The average Bonchev–Trinajstić information content (AvgIpc) is 2.80. The molecular weight excluding hydrogens is 257 g/mol. The molecule has 1 atom stereocenters. The Morgan fingerprint density at radius 1 is 1.61 bits per heavy atom. The summed E-state index contributed by atoms with van der Waals surface area (Å²) in [6.07, 6.45) is 1.75. The van der Waals surface area contributed by atoms with E-state index in [0.717, 1.165) is 24.9 Å². The van der Waals surface area contributed by atoms with Crippen LogP contribution >= 0.6 is 11.6 Å². The molecule has 1 heterocycles. The van der Waals surface area contributed by atoms with Gasteiger partial charge in [-0.1, -0.05) is 17.7 Å². The van der Waals surface area contributed by atoms with Crippen molar-refractivity contribution < 1.29 is 13.9 Å². The second-order valence-corrected chi connectivity index (χ2v) is 4.79. The van der Waals surface area contributed by atoms with Crippen LogP contribution in [-0.2, 0) is 16.1 Å². The van der Waals surface area contributed by atoms with Crippen molar-refractivity contribution in [1.29, 1.82) is 0 Å². The van der Waals surface area contributed by atoms with E-state index in [4.69, 9.17) is 16.3 Å². The number of carbonyl (C=O) groups is 1. The molecule has 2 rings (SSSR count). The molecule has 0 bridgehead atoms. The molecule has 1 aromatic rings. The molecule has 0 aliphatic carbocycles. The van der Waals surface area contributed by atoms with Gasteiger partial charge in [0, 0.05) is 11.6 Å². The summed E-state index contributed by atoms with van der Waals surface area (Å²) in [5, 5.41) is 0.394. The van der Waals surface area contributed by atoms with Gasteiger partial charge < -0.3 is 4.74 Å². The van der Waals surface area contributed by atoms with Gasteiger partial charge in [-0.3, -0.25) is 9.69 Å². The summed E-state index contributed by atoms with van der Waals surface area (Å²) < 4.78 is 17.7. The van der Waals surface area contributed by atoms with Crippen molar-refractivity contribution in [3.8, 4) is 0 Å². The number of ether oxygens (including phenoxy) is 1. The molecule has 1 fully saturated rings. The summed E-state index contributed by atoms with van der Waals surface area (Å²) in [5.74, 6) is -0.569. The fraction of sp³-hybridized carbons (Fsp3) is 0.462. The molecule has 0 amide bonds. The number of methoxy groups -OCH3 is 1. The molecule has 3 nitrogen and oxygen atoms in total. The van der Waals surface area contributed by atoms with Crippen LogP contribution in [0.4, 0.5) is 4.39 Å². The van der Waals surface area contributed by atoms with Gasteiger partial charge in [0.05, 0.1) is 7.11 Å². The highest BCUT2D eigenvalue weighted by atomic mass is 35.5. The molecule has 0 radical (unpaired) electrons. The lowest BCUT2D eigenvalue weighted by Crippen LogP contribution is -2.36. The lowest BCUT2D eigenvalue weighted by Gasteiger charge is -2.22. The first-order valence-corrected chi connectivity index (χ1v) is 6.25. The topological polar surface area (TPSA) is 29.5 Å². The van der Waals surface area contributed by atoms with Gasteiger partial charge in [0.15, 0.2) is 0 Å². The quantitative estimate of drug-likeness (QED) is 0.792. The Bertz CT molecular complexity index is 453. The Balaban J connectivity index is 2.10. The van der Waals surface area contributed by atoms with Crippen LogP contribution in [0.3, 0.4) is 0 Å². The molecule has 0 spiro atoms. The number of rotatable bonds is 3. The van der Waals surface area contributed by atoms with E-state index < -0.39 is 0 Å². The predicted molar refractivity (Wildman–Crippen MR) is 66.9 cm³/mol. The molecule has 0 saturated carbocycles. The van der Waals surface area contributed by atoms with E-state index in [0.29, 0.717) is 11.6 Å². The average molecular weight is 272 g/mol. The Kier molecular flexibility index (Phi) is 4.19. The van der Waals surface area contributed by atoms with Crippen LogP contribution in [0.5, 0.6) is 0 Å². The summed E-state index contributed by atoms with van der Waals surface area (Å²) in [6, 6.07) is 4.12. The van der Waals surface area contributed by atoms with E-state index in [-0.39, 0.29) is 17.8 Å². The number of esters is 1. The molecule has 1 aromatic carbocycles. The van der Waals surface area contributed by atoms with Crippen LogP contribution in [0.1, 0.15) is 18.4 Å². The lowest BCUT2D eigenvalue weighted by molar-refractivity contribution is -0.146. The fourth-order valence-electron chi connectivity index (χ4n) is 2.29. The maximum absolute atomic E-state index is 12.9. The normalized spacial score (nSPS) is 20.1. The molecule has 0 N–H and O–H groups in total. The van der Waals surface area contributed by atoms with Crippen LogP contribution < -0.4 is 0 Å². The summed E-state index contributed by atoms with van der Waals surface area (Å²) in [4.78, 5) is 13.6. The van der Waals surface area contributed by atoms with E-state index in [1.54, 1.807) is 6.07 Å². The number of hydrogen-bond donors (Lipinski definition) is 0. The first-order chi connectivity index (χ1) is 8.61. The van der Waals surface area contributed by atoms with Crippen molar-refractivity contribution in [2.75, 3.05) is 13.7 Å². The SMILES string of the molecule is COC(=O)C1CCCN1Cc1ccc(F)cc1Cl. The third-order valence-electron chi connectivity index (χ3n) is 3.23. The minimum Gasteiger partial charge on any atom is -0.468 e. The van der Waals surface area contributed by atoms with Crippen molar-refractivity contribution in [2.24, 2.45) is 0 Å². The maximum atomic E-state index is 12.9. The third-order valence-corrected chi connectivity index (χ3v) is 3.58. The Labute approximate surface area is 110 Å². The summed E-state index contributed by atoms with van der Waals surface area (Å²) in [5.41, 5.74) is 0.828. The molecular formula is C13H15ClFNO2. The van der Waals surface area contributed by atoms with E-state index in [2.05, 4.69) is 0 Å². The van der Waals surface area contributed by atoms with Crippen molar-refractivity contribution in [2.45, 2.75) is 25.4 Å². The standard InChI is InChI=1S/C13H15ClFNO2/c1-18-13(17)12-3-2-6-16(12)8-9-4-5-10(15)7-11(9)14/h4-5,7,12H,2-3,6,8H2,1H3. The first-order valence-electron chi connectivity index (χ1n) is 5.87. The van der Waals surface area contributed by atoms with Crippen molar-refractivity contribution >= 4 is 17.6 Å². The van der Waals surface area contributed by atoms with Gasteiger partial charge in [0.25, 0.3) is 0 Å². The zero-order valence-corrected chi connectivity index (χ0v) is 10.9. The van der Waals surface area contributed by atoms with Gasteiger partial charge in [0.2, 0.25) is 0 Å². The first kappa shape index (κ1) is 13.3. The highest BCUT2D eigenvalue weighted by Crippen LogP contribution is 2.24. The minimum absolute atomic E-state index is 0.212. The molecule has 1 aliphatic rings. The minimum atomic E-state index is -0.352. The predicted octanol–water partition coefficient (Wildman–Crippen LogP) is 2.62. The van der Waals surface area contributed by atoms with Gasteiger partial charge in [0.1, 0.15) is 11.9 Å². The second-order valence-electron chi connectivity index (χ2n) is 4.39. The number of likely N-dealkylation sites (tertiary alicyclic amines) is 1. The van der Waals surface area contributed by atoms with Crippen LogP contribution in [-0.4, -0.2) is 30.6 Å². The number of hydrogen-bond acceptors (Lipinski definition) is 3. The fourth-order valence-corrected chi connectivity index (χ4v) is 2.51. The molecule has 1 aliphatic heterocycles. The second kappa shape index (κ2) is 5.67. The summed E-state index contributed by atoms with van der Waals surface area (Å²) in [7, 11) is 1.39. The Hall–Kier alpha value is -1.13. The van der Waals surface area contributed by atoms with Crippen LogP contribution in [0, 0.1) is 5.82 Å². The van der Waals surface area contributed by atoms with Crippen LogP contribution in [0.15, 0.2) is 18.2 Å². The third kappa shape index (κ3) is 2.82. The van der Waals surface area contributed by atoms with Crippen molar-refractivity contribution in [3.63, 3.8) is 0 Å². The maximum Gasteiger partial charge on any atom is 0.323 e. The van der Waals surface area contributed by atoms with E-state index >= 15 is 0 Å². The Morgan fingerprint density at radius 3 is 3.06 bits per heavy atom. The molecule has 5 heteroatoms. The zero-order chi connectivity index (χ0) is 13.1. The number of halogens is 2. The van der Waals surface area contributed by atoms with Gasteiger partial charge in [-0.25, -0.2) is 4.39 Å². The van der Waals surface area contributed by atoms with Crippen LogP contribution in [0.2, 0.25) is 5.02 Å². The lowest BCUT2D eigenvalue weighted by atomic mass is 10.2. The van der Waals surface area contributed by atoms with E-state index in [1.807, 2.05) is 4.90 Å². The van der Waals surface area contributed by atoms with E-state index in [9.17, 15) is 9.18 Å². The summed E-state index contributed by atoms with van der Waals surface area (Å²) in [6.45, 7) is 1.37. The molecule has 98 valence electrons. The van der Waals surface area contributed by atoms with E-state index in [1.165, 1.54) is 19.2 Å². The monoisotopic (exact) mass is 271 g/mol. The molecule has 1 saturated heterocycles. The van der Waals surface area contributed by atoms with Crippen LogP contribution in [0.25, 0.3) is 0 Å². The van der Waals surface area contributed by atoms with Gasteiger partial charge >= 0.3 is 5.97 Å². The Morgan fingerprint density at radius 2 is 2.39 bits per heavy atom. The van der Waals surface area contributed by atoms with Gasteiger partial charge in [-0.05, 0) is 37.1 Å². The summed E-state index contributed by atoms with van der Waals surface area (Å²) >= 11 is 5.99. The number of benzene rings is 1. The molecule has 18 heavy (non-hydrogen) atoms. The van der Waals surface area contributed by atoms with Crippen molar-refractivity contribution in [3.05, 3.63) is 34.6 Å². The largest absolute Gasteiger partial charge is 0.468 e. The number of carbonyl (C=O) groups excluding carboxylic acids is 1. The van der Waals surface area contributed by atoms with Gasteiger partial charge in [-0.15, -0.1) is 0 Å². The zero-order valence-electron chi connectivity index (χ0n) is 10.2. The van der Waals surface area contributed by atoms with Crippen molar-refractivity contribution in [1.82, 2.24) is 4.90 Å². The molecule has 0 aromatic heterocycles. The highest BCUT2D eigenvalue weighted by Gasteiger charge is 2.31. The highest BCUT2D eigenvalue weighted by molar-refractivity contribution is 6.31. The van der Waals surface area contributed by atoms with Gasteiger partial charge in [-0.2, -0.15) is 0 Å². The molecule has 1 unspecified atom stereocenters. The number of nitrogens with zero attached hydrogens (tertiary/aromatic N) is 1. The smallest absolute Gasteiger partial charge is 0.323 e.